The van der Waals surface area contributed by atoms with Crippen LogP contribution in [0.25, 0.3) is 11.1 Å². The fraction of sp³-hybridized carbons (Fsp3) is 0.182. The third-order valence-corrected chi connectivity index (χ3v) is 20.5. The number of allylic oxidation sites excluding steroid dienone is 4. The zero-order valence-electron chi connectivity index (χ0n) is 20.2. The van der Waals surface area contributed by atoms with Crippen molar-refractivity contribution >= 4 is 17.9 Å². The number of benzene rings is 3. The fourth-order valence-corrected chi connectivity index (χ4v) is 19.6. The van der Waals surface area contributed by atoms with Crippen molar-refractivity contribution in [2.24, 2.45) is 0 Å². The van der Waals surface area contributed by atoms with Crippen LogP contribution in [0.2, 0.25) is 3.67 Å². The van der Waals surface area contributed by atoms with Gasteiger partial charge in [-0.2, -0.15) is 0 Å². The van der Waals surface area contributed by atoms with Crippen LogP contribution in [0, 0.1) is 0 Å². The molecule has 0 atom stereocenters. The van der Waals surface area contributed by atoms with Gasteiger partial charge in [0.2, 0.25) is 0 Å². The normalized spacial score (nSPS) is 14.8. The van der Waals surface area contributed by atoms with Gasteiger partial charge < -0.3 is 0 Å². The molecule has 0 nitrogen and oxygen atoms in total. The van der Waals surface area contributed by atoms with Crippen LogP contribution >= 0.6 is 11.3 Å². The summed E-state index contributed by atoms with van der Waals surface area (Å²) < 4.78 is 3.92. The minimum absolute atomic E-state index is 0.562. The van der Waals surface area contributed by atoms with Crippen molar-refractivity contribution in [1.82, 2.24) is 0 Å². The Morgan fingerprint density at radius 3 is 2.43 bits per heavy atom. The summed E-state index contributed by atoms with van der Waals surface area (Å²) in [5.74, 6) is 0. The maximum atomic E-state index is 2.49. The molecule has 6 rings (SSSR count). The van der Waals surface area contributed by atoms with Gasteiger partial charge in [-0.15, -0.1) is 0 Å². The zero-order valence-corrected chi connectivity index (χ0v) is 24.6. The van der Waals surface area contributed by atoms with Crippen molar-refractivity contribution in [2.75, 3.05) is 0 Å². The van der Waals surface area contributed by atoms with Gasteiger partial charge >= 0.3 is 222 Å². The van der Waals surface area contributed by atoms with E-state index in [0.717, 1.165) is 6.42 Å². The van der Waals surface area contributed by atoms with E-state index >= 15 is 0 Å². The first-order chi connectivity index (χ1) is 17.3. The van der Waals surface area contributed by atoms with Crippen molar-refractivity contribution in [3.63, 3.8) is 0 Å². The van der Waals surface area contributed by atoms with E-state index in [1.54, 1.807) is 12.1 Å². The molecular formula is C33H30HfS. The SMILES string of the molecule is CCCCc1ccc([C](c2ccccc2)=[Hf]([c]2cccc3c2Cc2ccccc2-3)[CH]2C=CC=C2)s1. The molecule has 3 aromatic carbocycles. The molecule has 4 aromatic rings. The summed E-state index contributed by atoms with van der Waals surface area (Å²) in [6.07, 6.45) is 14.3. The van der Waals surface area contributed by atoms with Gasteiger partial charge in [0.05, 0.1) is 0 Å². The third kappa shape index (κ3) is 4.47. The molecule has 0 saturated carbocycles. The molecule has 0 N–H and O–H groups in total. The van der Waals surface area contributed by atoms with E-state index in [1.165, 1.54) is 51.3 Å². The summed E-state index contributed by atoms with van der Waals surface area (Å²) in [4.78, 5) is 3.04. The number of unbranched alkanes of at least 4 members (excludes halogenated alkanes) is 1. The molecule has 0 unspecified atom stereocenters. The van der Waals surface area contributed by atoms with E-state index < -0.39 is 21.0 Å². The van der Waals surface area contributed by atoms with Crippen LogP contribution in [0.5, 0.6) is 0 Å². The molecule has 35 heavy (non-hydrogen) atoms. The third-order valence-electron chi connectivity index (χ3n) is 7.24. The monoisotopic (exact) mass is 638 g/mol. The summed E-state index contributed by atoms with van der Waals surface area (Å²) in [6, 6.07) is 32.3. The van der Waals surface area contributed by atoms with Gasteiger partial charge in [-0.05, 0) is 0 Å². The Balaban J connectivity index is 1.61. The standard InChI is InChI=1S/C15H16S.C13H9.C5H5.Hf/c1-2-3-9-14-10-11-15(16-14)12-13-7-5-4-6-8-13;1-3-7-12-10(5-1)9-11-6-2-4-8-13(11)12;1-2-4-5-3-1;/h4-8,10-11H,2-3,9H2,1H3;1-5,7-8H,9H2;1-5H;. The van der Waals surface area contributed by atoms with E-state index in [-0.39, 0.29) is 0 Å². The van der Waals surface area contributed by atoms with E-state index in [0.29, 0.717) is 3.67 Å². The van der Waals surface area contributed by atoms with Gasteiger partial charge in [0.1, 0.15) is 0 Å². The van der Waals surface area contributed by atoms with E-state index in [9.17, 15) is 0 Å². The van der Waals surface area contributed by atoms with E-state index in [1.807, 2.05) is 11.3 Å². The maximum absolute atomic E-state index is 2.67. The Morgan fingerprint density at radius 1 is 0.829 bits per heavy atom. The summed E-state index contributed by atoms with van der Waals surface area (Å²) in [7, 11) is 0. The van der Waals surface area contributed by atoms with Gasteiger partial charge in [0.15, 0.2) is 0 Å². The fourth-order valence-electron chi connectivity index (χ4n) is 5.55. The molecule has 0 spiro atoms. The van der Waals surface area contributed by atoms with Crippen molar-refractivity contribution in [1.29, 1.82) is 0 Å². The Hall–Kier alpha value is -2.42. The summed E-state index contributed by atoms with van der Waals surface area (Å²) in [5.41, 5.74) is 7.42. The summed E-state index contributed by atoms with van der Waals surface area (Å²) in [6.45, 7) is 2.29. The second kappa shape index (κ2) is 10.3. The average molecular weight is 637 g/mol. The second-order valence-electron chi connectivity index (χ2n) is 9.49. The molecule has 0 aliphatic heterocycles. The number of fused-ring (bicyclic) bond motifs is 3. The Kier molecular flexibility index (Phi) is 6.76. The van der Waals surface area contributed by atoms with Crippen LogP contribution in [0.1, 0.15) is 46.2 Å². The predicted molar refractivity (Wildman–Crippen MR) is 149 cm³/mol. The number of rotatable bonds is 7. The van der Waals surface area contributed by atoms with Crippen LogP contribution in [0.3, 0.4) is 0 Å². The molecule has 2 aliphatic carbocycles. The van der Waals surface area contributed by atoms with Crippen molar-refractivity contribution in [2.45, 2.75) is 36.3 Å². The molecule has 172 valence electrons. The molecule has 1 aromatic heterocycles. The number of aryl methyl sites for hydroxylation is 1. The molecule has 1 heterocycles. The molecule has 2 aliphatic rings. The first-order valence-electron chi connectivity index (χ1n) is 12.8. The number of thiophene rings is 1. The topological polar surface area (TPSA) is 0 Å². The van der Waals surface area contributed by atoms with Crippen LogP contribution < -0.4 is 3.32 Å². The zero-order chi connectivity index (χ0) is 23.6. The molecule has 0 saturated heterocycles. The molecule has 2 heteroatoms. The van der Waals surface area contributed by atoms with Gasteiger partial charge in [0.25, 0.3) is 0 Å². The molecule has 0 fully saturated rings. The first-order valence-corrected chi connectivity index (χ1v) is 19.3. The van der Waals surface area contributed by atoms with Crippen molar-refractivity contribution in [3.8, 4) is 11.1 Å². The Bertz CT molecular complexity index is 1440. The van der Waals surface area contributed by atoms with Crippen LogP contribution in [0.4, 0.5) is 0 Å². The van der Waals surface area contributed by atoms with Gasteiger partial charge in [-0.3, -0.25) is 0 Å². The van der Waals surface area contributed by atoms with Crippen LogP contribution in [-0.2, 0) is 33.8 Å². The van der Waals surface area contributed by atoms with Crippen molar-refractivity contribution in [3.05, 3.63) is 136 Å². The number of hydrogen-bond donors (Lipinski definition) is 0. The van der Waals surface area contributed by atoms with E-state index in [2.05, 4.69) is 116 Å². The summed E-state index contributed by atoms with van der Waals surface area (Å²) >= 11 is -0.628. The minimum atomic E-state index is -2.67. The summed E-state index contributed by atoms with van der Waals surface area (Å²) in [5, 5.41) is 0. The van der Waals surface area contributed by atoms with Gasteiger partial charge in [0, 0.05) is 0 Å². The molecule has 0 bridgehead atoms. The Labute approximate surface area is 220 Å². The van der Waals surface area contributed by atoms with Crippen LogP contribution in [-0.4, -0.2) is 3.26 Å². The molecular weight excluding hydrogens is 607 g/mol. The first kappa shape index (κ1) is 23.0. The Morgan fingerprint density at radius 2 is 1.60 bits per heavy atom. The van der Waals surface area contributed by atoms with E-state index in [4.69, 9.17) is 0 Å². The molecule has 0 radical (unpaired) electrons. The van der Waals surface area contributed by atoms with Crippen molar-refractivity contribution < 1.29 is 21.0 Å². The number of hydrogen-bond acceptors (Lipinski definition) is 1. The molecule has 0 amide bonds. The predicted octanol–water partition coefficient (Wildman–Crippen LogP) is 8.09. The van der Waals surface area contributed by atoms with Gasteiger partial charge in [-0.25, -0.2) is 0 Å². The average Bonchev–Trinajstić information content (AvgIpc) is 3.66. The quantitative estimate of drug-likeness (QED) is 0.159. The van der Waals surface area contributed by atoms with Gasteiger partial charge in [-0.1, -0.05) is 0 Å². The van der Waals surface area contributed by atoms with Crippen LogP contribution in [0.15, 0.2) is 109 Å². The second-order valence-corrected chi connectivity index (χ2v) is 19.8.